The Labute approximate surface area is 110 Å². The molecule has 3 nitrogen and oxygen atoms in total. The molecule has 0 fully saturated rings. The average molecular weight is 247 g/mol. The van der Waals surface area contributed by atoms with Crippen LogP contribution >= 0.6 is 0 Å². The highest BCUT2D eigenvalue weighted by atomic mass is 16.7. The molecule has 98 valence electrons. The molecule has 0 aliphatic carbocycles. The Kier molecular flexibility index (Phi) is 6.27. The van der Waals surface area contributed by atoms with E-state index in [1.165, 1.54) is 5.69 Å². The fraction of sp³-hybridized carbons (Fsp3) is 0.467. The highest BCUT2D eigenvalue weighted by molar-refractivity contribution is 5.49. The lowest BCUT2D eigenvalue weighted by Crippen LogP contribution is -2.12. The molecule has 1 unspecified atom stereocenters. The highest BCUT2D eigenvalue weighted by Crippen LogP contribution is 2.11. The summed E-state index contributed by atoms with van der Waals surface area (Å²) in [5.41, 5.74) is 2.16. The molecule has 0 bridgehead atoms. The van der Waals surface area contributed by atoms with E-state index in [0.29, 0.717) is 13.2 Å². The monoisotopic (exact) mass is 247 g/mol. The molecule has 0 N–H and O–H groups in total. The number of nitrogens with zero attached hydrogens (tertiary/aromatic N) is 1. The number of ether oxygens (including phenoxy) is 2. The number of benzene rings is 1. The minimum Gasteiger partial charge on any atom is -0.378 e. The maximum absolute atomic E-state index is 5.36. The number of hydrogen-bond donors (Lipinski definition) is 0. The van der Waals surface area contributed by atoms with Crippen LogP contribution in [0.1, 0.15) is 19.4 Å². The second-order valence-corrected chi connectivity index (χ2v) is 4.08. The van der Waals surface area contributed by atoms with Crippen molar-refractivity contribution in [3.8, 4) is 11.8 Å². The molecule has 3 heteroatoms. The van der Waals surface area contributed by atoms with Crippen molar-refractivity contribution >= 4 is 5.69 Å². The molecule has 1 aromatic rings. The lowest BCUT2D eigenvalue weighted by Gasteiger charge is -2.11. The summed E-state index contributed by atoms with van der Waals surface area (Å²) < 4.78 is 10.6. The second kappa shape index (κ2) is 7.75. The fourth-order valence-corrected chi connectivity index (χ4v) is 1.42. The molecule has 0 aliphatic heterocycles. The van der Waals surface area contributed by atoms with Crippen molar-refractivity contribution < 1.29 is 9.47 Å². The molecule has 0 amide bonds. The highest BCUT2D eigenvalue weighted by Gasteiger charge is 1.97. The molecular weight excluding hydrogens is 226 g/mol. The van der Waals surface area contributed by atoms with Crippen LogP contribution < -0.4 is 4.90 Å². The Morgan fingerprint density at radius 1 is 1.17 bits per heavy atom. The predicted octanol–water partition coefficient (Wildman–Crippen LogP) is 2.50. The zero-order chi connectivity index (χ0) is 13.4. The summed E-state index contributed by atoms with van der Waals surface area (Å²) >= 11 is 0. The fourth-order valence-electron chi connectivity index (χ4n) is 1.42. The van der Waals surface area contributed by atoms with Crippen LogP contribution in [0.25, 0.3) is 0 Å². The Bertz CT molecular complexity index is 401. The van der Waals surface area contributed by atoms with Gasteiger partial charge in [-0.3, -0.25) is 0 Å². The van der Waals surface area contributed by atoms with E-state index >= 15 is 0 Å². The molecule has 0 radical (unpaired) electrons. The van der Waals surface area contributed by atoms with Crippen LogP contribution in [0, 0.1) is 11.8 Å². The normalized spacial score (nSPS) is 11.6. The van der Waals surface area contributed by atoms with Crippen LogP contribution in [0.5, 0.6) is 0 Å². The van der Waals surface area contributed by atoms with Gasteiger partial charge in [-0.05, 0) is 38.1 Å². The van der Waals surface area contributed by atoms with Crippen LogP contribution in [0.3, 0.4) is 0 Å². The van der Waals surface area contributed by atoms with Crippen LogP contribution in [-0.4, -0.2) is 33.6 Å². The third-order valence-electron chi connectivity index (χ3n) is 2.41. The Morgan fingerprint density at radius 3 is 2.39 bits per heavy atom. The first-order valence-corrected chi connectivity index (χ1v) is 6.13. The van der Waals surface area contributed by atoms with Crippen LogP contribution in [0.15, 0.2) is 24.3 Å². The Balaban J connectivity index is 2.43. The zero-order valence-electron chi connectivity index (χ0n) is 11.6. The van der Waals surface area contributed by atoms with Gasteiger partial charge in [0.15, 0.2) is 6.29 Å². The minimum atomic E-state index is -0.194. The van der Waals surface area contributed by atoms with Gasteiger partial charge in [0.05, 0.1) is 0 Å². The summed E-state index contributed by atoms with van der Waals surface area (Å²) in [5, 5.41) is 0. The minimum absolute atomic E-state index is 0.194. The molecule has 1 atom stereocenters. The molecule has 0 saturated heterocycles. The van der Waals surface area contributed by atoms with Gasteiger partial charge in [0.25, 0.3) is 0 Å². The van der Waals surface area contributed by atoms with Gasteiger partial charge in [0, 0.05) is 32.0 Å². The summed E-state index contributed by atoms with van der Waals surface area (Å²) in [6.45, 7) is 4.85. The molecule has 0 spiro atoms. The third-order valence-corrected chi connectivity index (χ3v) is 2.41. The summed E-state index contributed by atoms with van der Waals surface area (Å²) in [4.78, 5) is 2.06. The van der Waals surface area contributed by atoms with Crippen molar-refractivity contribution in [1.82, 2.24) is 0 Å². The van der Waals surface area contributed by atoms with Gasteiger partial charge in [0.2, 0.25) is 0 Å². The number of anilines is 1. The van der Waals surface area contributed by atoms with Crippen LogP contribution in [-0.2, 0) is 9.47 Å². The van der Waals surface area contributed by atoms with Gasteiger partial charge in [-0.25, -0.2) is 0 Å². The molecule has 0 heterocycles. The first-order chi connectivity index (χ1) is 8.63. The quantitative estimate of drug-likeness (QED) is 0.589. The van der Waals surface area contributed by atoms with E-state index in [4.69, 9.17) is 9.47 Å². The molecule has 0 aromatic heterocycles. The lowest BCUT2D eigenvalue weighted by molar-refractivity contribution is -0.117. The summed E-state index contributed by atoms with van der Waals surface area (Å²) in [7, 11) is 4.04. The van der Waals surface area contributed by atoms with Crippen molar-refractivity contribution in [3.63, 3.8) is 0 Å². The Morgan fingerprint density at radius 2 is 1.83 bits per heavy atom. The van der Waals surface area contributed by atoms with Crippen LogP contribution in [0.4, 0.5) is 5.69 Å². The van der Waals surface area contributed by atoms with Gasteiger partial charge in [-0.2, -0.15) is 0 Å². The van der Waals surface area contributed by atoms with Gasteiger partial charge in [0.1, 0.15) is 6.61 Å². The van der Waals surface area contributed by atoms with E-state index in [-0.39, 0.29) is 6.29 Å². The average Bonchev–Trinajstić information content (AvgIpc) is 2.35. The topological polar surface area (TPSA) is 21.7 Å². The van der Waals surface area contributed by atoms with Gasteiger partial charge in [-0.1, -0.05) is 11.8 Å². The summed E-state index contributed by atoms with van der Waals surface area (Å²) in [5.74, 6) is 6.03. The van der Waals surface area contributed by atoms with E-state index in [9.17, 15) is 0 Å². The molecule has 1 rings (SSSR count). The smallest absolute Gasteiger partial charge is 0.156 e. The maximum Gasteiger partial charge on any atom is 0.156 e. The van der Waals surface area contributed by atoms with Crippen molar-refractivity contribution in [3.05, 3.63) is 29.8 Å². The van der Waals surface area contributed by atoms with Crippen molar-refractivity contribution in [2.45, 2.75) is 20.1 Å². The van der Waals surface area contributed by atoms with E-state index in [0.717, 1.165) is 5.56 Å². The largest absolute Gasteiger partial charge is 0.378 e. The number of rotatable bonds is 5. The molecule has 0 saturated carbocycles. The predicted molar refractivity (Wildman–Crippen MR) is 74.7 cm³/mol. The van der Waals surface area contributed by atoms with E-state index in [2.05, 4.69) is 16.7 Å². The van der Waals surface area contributed by atoms with Crippen LogP contribution in [0.2, 0.25) is 0 Å². The third kappa shape index (κ3) is 5.22. The van der Waals surface area contributed by atoms with E-state index < -0.39 is 0 Å². The molecular formula is C15H21NO2. The lowest BCUT2D eigenvalue weighted by atomic mass is 10.2. The zero-order valence-corrected chi connectivity index (χ0v) is 11.6. The Hall–Kier alpha value is -1.50. The van der Waals surface area contributed by atoms with Crippen molar-refractivity contribution in [2.75, 3.05) is 32.2 Å². The first-order valence-electron chi connectivity index (χ1n) is 6.13. The molecule has 18 heavy (non-hydrogen) atoms. The van der Waals surface area contributed by atoms with Crippen molar-refractivity contribution in [1.29, 1.82) is 0 Å². The van der Waals surface area contributed by atoms with Gasteiger partial charge in [-0.15, -0.1) is 0 Å². The molecule has 0 aliphatic rings. The number of hydrogen-bond acceptors (Lipinski definition) is 3. The maximum atomic E-state index is 5.36. The standard InChI is InChI=1S/C15H21NO2/c1-5-17-13(2)18-12-6-7-14-8-10-15(11-9-14)16(3)4/h8-11,13H,5,12H2,1-4H3. The summed E-state index contributed by atoms with van der Waals surface area (Å²) in [6.07, 6.45) is -0.194. The van der Waals surface area contributed by atoms with E-state index in [1.807, 2.05) is 52.2 Å². The molecule has 1 aromatic carbocycles. The van der Waals surface area contributed by atoms with E-state index in [1.54, 1.807) is 0 Å². The van der Waals surface area contributed by atoms with Gasteiger partial charge >= 0.3 is 0 Å². The summed E-state index contributed by atoms with van der Waals surface area (Å²) in [6, 6.07) is 8.12. The van der Waals surface area contributed by atoms with Crippen molar-refractivity contribution in [2.24, 2.45) is 0 Å². The first kappa shape index (κ1) is 14.6. The second-order valence-electron chi connectivity index (χ2n) is 4.08. The van der Waals surface area contributed by atoms with Gasteiger partial charge < -0.3 is 14.4 Å². The SMILES string of the molecule is CCOC(C)OCC#Cc1ccc(N(C)C)cc1.